The highest BCUT2D eigenvalue weighted by Gasteiger charge is 2.17. The van der Waals surface area contributed by atoms with E-state index in [1.54, 1.807) is 13.4 Å². The summed E-state index contributed by atoms with van der Waals surface area (Å²) < 4.78 is 5.18. The van der Waals surface area contributed by atoms with E-state index >= 15 is 0 Å². The average Bonchev–Trinajstić information content (AvgIpc) is 2.42. The van der Waals surface area contributed by atoms with Gasteiger partial charge in [0.1, 0.15) is 6.33 Å². The van der Waals surface area contributed by atoms with Crippen LogP contribution in [0.1, 0.15) is 50.3 Å². The first-order valence-corrected chi connectivity index (χ1v) is 7.07. The minimum atomic E-state index is 0.176. The van der Waals surface area contributed by atoms with Crippen molar-refractivity contribution in [3.05, 3.63) is 29.7 Å². The summed E-state index contributed by atoms with van der Waals surface area (Å²) in [5.41, 5.74) is 2.43. The molecule has 4 heteroatoms. The van der Waals surface area contributed by atoms with E-state index in [1.807, 2.05) is 13.1 Å². The van der Waals surface area contributed by atoms with E-state index in [0.29, 0.717) is 5.88 Å². The Bertz CT molecular complexity index is 431. The second-order valence-electron chi connectivity index (χ2n) is 4.94. The van der Waals surface area contributed by atoms with Crippen LogP contribution in [0.5, 0.6) is 5.88 Å². The molecule has 0 amide bonds. The van der Waals surface area contributed by atoms with Gasteiger partial charge in [-0.25, -0.2) is 9.97 Å². The number of nitrogens with one attached hydrogen (secondary N) is 1. The Morgan fingerprint density at radius 1 is 1.21 bits per heavy atom. The van der Waals surface area contributed by atoms with Gasteiger partial charge in [0.25, 0.3) is 0 Å². The van der Waals surface area contributed by atoms with Gasteiger partial charge in [-0.3, -0.25) is 0 Å². The summed E-state index contributed by atoms with van der Waals surface area (Å²) in [4.78, 5) is 8.47. The number of allylic oxidation sites excluding steroid dienone is 1. The van der Waals surface area contributed by atoms with Crippen LogP contribution in [0.3, 0.4) is 0 Å². The minimum Gasteiger partial charge on any atom is -0.481 e. The molecule has 0 saturated carbocycles. The standard InChI is InChI=1S/C15H23N3O/c1-16-15(12-8-6-4-3-5-7-9-12)13-10-14(19-2)18-11-17-13/h8,10-11,15-16H,3-7,9H2,1-2H3/b12-8+. The van der Waals surface area contributed by atoms with Gasteiger partial charge in [0.2, 0.25) is 5.88 Å². The summed E-state index contributed by atoms with van der Waals surface area (Å²) in [6.45, 7) is 0. The number of rotatable bonds is 4. The van der Waals surface area contributed by atoms with Crippen LogP contribution in [-0.2, 0) is 0 Å². The molecule has 0 bridgehead atoms. The van der Waals surface area contributed by atoms with Gasteiger partial charge in [-0.1, -0.05) is 24.5 Å². The van der Waals surface area contributed by atoms with Crippen molar-refractivity contribution in [2.24, 2.45) is 0 Å². The Morgan fingerprint density at radius 2 is 2.05 bits per heavy atom. The van der Waals surface area contributed by atoms with Crippen molar-refractivity contribution in [3.8, 4) is 5.88 Å². The van der Waals surface area contributed by atoms with Crippen LogP contribution in [0.15, 0.2) is 24.0 Å². The lowest BCUT2D eigenvalue weighted by Crippen LogP contribution is -2.20. The molecule has 2 rings (SSSR count). The molecule has 0 fully saturated rings. The molecule has 19 heavy (non-hydrogen) atoms. The second kappa shape index (κ2) is 7.24. The van der Waals surface area contributed by atoms with Crippen molar-refractivity contribution in [2.45, 2.75) is 44.6 Å². The third kappa shape index (κ3) is 3.77. The predicted molar refractivity (Wildman–Crippen MR) is 76.2 cm³/mol. The maximum Gasteiger partial charge on any atom is 0.216 e. The Labute approximate surface area is 115 Å². The summed E-state index contributed by atoms with van der Waals surface area (Å²) >= 11 is 0. The molecule has 1 atom stereocenters. The Kier molecular flexibility index (Phi) is 5.33. The zero-order valence-electron chi connectivity index (χ0n) is 11.9. The first-order chi connectivity index (χ1) is 9.35. The number of likely N-dealkylation sites (N-methyl/N-ethyl adjacent to an activating group) is 1. The van der Waals surface area contributed by atoms with Gasteiger partial charge < -0.3 is 10.1 Å². The zero-order chi connectivity index (χ0) is 13.5. The summed E-state index contributed by atoms with van der Waals surface area (Å²) in [7, 11) is 3.62. The molecule has 0 radical (unpaired) electrons. The van der Waals surface area contributed by atoms with E-state index in [0.717, 1.165) is 12.1 Å². The Morgan fingerprint density at radius 3 is 2.84 bits per heavy atom. The predicted octanol–water partition coefficient (Wildman–Crippen LogP) is 3.03. The fraction of sp³-hybridized carbons (Fsp3) is 0.600. The van der Waals surface area contributed by atoms with E-state index in [1.165, 1.54) is 37.7 Å². The van der Waals surface area contributed by atoms with Crippen molar-refractivity contribution < 1.29 is 4.74 Å². The molecular formula is C15H23N3O. The highest BCUT2D eigenvalue weighted by molar-refractivity contribution is 5.25. The fourth-order valence-corrected chi connectivity index (χ4v) is 2.62. The van der Waals surface area contributed by atoms with E-state index in [2.05, 4.69) is 21.4 Å². The van der Waals surface area contributed by atoms with Crippen molar-refractivity contribution >= 4 is 0 Å². The molecule has 0 saturated heterocycles. The maximum absolute atomic E-state index is 5.18. The highest BCUT2D eigenvalue weighted by atomic mass is 16.5. The monoisotopic (exact) mass is 261 g/mol. The molecule has 1 aliphatic rings. The van der Waals surface area contributed by atoms with Crippen LogP contribution >= 0.6 is 0 Å². The Hall–Kier alpha value is -1.42. The van der Waals surface area contributed by atoms with E-state index in [-0.39, 0.29) is 6.04 Å². The molecule has 0 aliphatic heterocycles. The molecule has 104 valence electrons. The van der Waals surface area contributed by atoms with Crippen LogP contribution in [0.2, 0.25) is 0 Å². The molecule has 1 N–H and O–H groups in total. The minimum absolute atomic E-state index is 0.176. The maximum atomic E-state index is 5.18. The van der Waals surface area contributed by atoms with E-state index < -0.39 is 0 Å². The smallest absolute Gasteiger partial charge is 0.216 e. The normalized spacial score (nSPS) is 20.8. The third-order valence-electron chi connectivity index (χ3n) is 3.65. The number of methoxy groups -OCH3 is 1. The third-order valence-corrected chi connectivity index (χ3v) is 3.65. The number of hydrogen-bond donors (Lipinski definition) is 1. The van der Waals surface area contributed by atoms with Gasteiger partial charge in [-0.2, -0.15) is 0 Å². The van der Waals surface area contributed by atoms with Crippen LogP contribution in [0.4, 0.5) is 0 Å². The first kappa shape index (κ1) is 14.0. The summed E-state index contributed by atoms with van der Waals surface area (Å²) in [5, 5.41) is 3.37. The Balaban J connectivity index is 2.21. The second-order valence-corrected chi connectivity index (χ2v) is 4.94. The van der Waals surface area contributed by atoms with Gasteiger partial charge >= 0.3 is 0 Å². The molecule has 1 aromatic heterocycles. The number of nitrogens with zero attached hydrogens (tertiary/aromatic N) is 2. The number of aromatic nitrogens is 2. The highest BCUT2D eigenvalue weighted by Crippen LogP contribution is 2.28. The molecule has 1 unspecified atom stereocenters. The van der Waals surface area contributed by atoms with Crippen LogP contribution in [0, 0.1) is 0 Å². The van der Waals surface area contributed by atoms with E-state index in [4.69, 9.17) is 4.74 Å². The van der Waals surface area contributed by atoms with Crippen LogP contribution in [-0.4, -0.2) is 24.1 Å². The number of ether oxygens (including phenoxy) is 1. The molecule has 1 aliphatic carbocycles. The van der Waals surface area contributed by atoms with Gasteiger partial charge in [0.05, 0.1) is 18.8 Å². The molecule has 4 nitrogen and oxygen atoms in total. The van der Waals surface area contributed by atoms with E-state index in [9.17, 15) is 0 Å². The van der Waals surface area contributed by atoms with Crippen LogP contribution < -0.4 is 10.1 Å². The van der Waals surface area contributed by atoms with Gasteiger partial charge in [0, 0.05) is 6.07 Å². The van der Waals surface area contributed by atoms with Crippen molar-refractivity contribution in [1.82, 2.24) is 15.3 Å². The van der Waals surface area contributed by atoms with Crippen molar-refractivity contribution in [3.63, 3.8) is 0 Å². The van der Waals surface area contributed by atoms with Crippen molar-refractivity contribution in [2.75, 3.05) is 14.2 Å². The topological polar surface area (TPSA) is 47.0 Å². The fourth-order valence-electron chi connectivity index (χ4n) is 2.62. The lowest BCUT2D eigenvalue weighted by Gasteiger charge is -2.21. The first-order valence-electron chi connectivity index (χ1n) is 7.07. The summed E-state index contributed by atoms with van der Waals surface area (Å²) in [5.74, 6) is 0.622. The summed E-state index contributed by atoms with van der Waals surface area (Å²) in [6, 6.07) is 2.09. The van der Waals surface area contributed by atoms with Gasteiger partial charge in [0.15, 0.2) is 0 Å². The molecule has 0 spiro atoms. The SMILES string of the molecule is CNC(/C1=C/CCCCCC1)c1cc(OC)ncn1. The average molecular weight is 261 g/mol. The van der Waals surface area contributed by atoms with Gasteiger partial charge in [-0.15, -0.1) is 0 Å². The van der Waals surface area contributed by atoms with Gasteiger partial charge in [-0.05, 0) is 32.7 Å². The lowest BCUT2D eigenvalue weighted by atomic mass is 9.93. The molecular weight excluding hydrogens is 238 g/mol. The van der Waals surface area contributed by atoms with Crippen LogP contribution in [0.25, 0.3) is 0 Å². The quantitative estimate of drug-likeness (QED) is 0.846. The zero-order valence-corrected chi connectivity index (χ0v) is 11.9. The summed E-state index contributed by atoms with van der Waals surface area (Å²) in [6.07, 6.45) is 11.5. The molecule has 1 heterocycles. The molecule has 0 aromatic carbocycles. The number of hydrogen-bond acceptors (Lipinski definition) is 4. The largest absolute Gasteiger partial charge is 0.481 e. The molecule has 1 aromatic rings. The lowest BCUT2D eigenvalue weighted by molar-refractivity contribution is 0.395. The van der Waals surface area contributed by atoms with Crippen molar-refractivity contribution in [1.29, 1.82) is 0 Å².